The molecule has 0 amide bonds. The van der Waals surface area contributed by atoms with Crippen molar-refractivity contribution in [3.63, 3.8) is 0 Å². The van der Waals surface area contributed by atoms with Crippen LogP contribution in [0.25, 0.3) is 5.57 Å². The molecule has 0 heteroatoms. The average molecular weight is 556 g/mol. The topological polar surface area (TPSA) is 0 Å². The monoisotopic (exact) mass is 555 g/mol. The minimum Gasteiger partial charge on any atom is -0.145 e. The third-order valence-electron chi connectivity index (χ3n) is 8.73. The lowest BCUT2D eigenvalue weighted by Crippen LogP contribution is -2.13. The van der Waals surface area contributed by atoms with Crippen LogP contribution in [0.15, 0.2) is 182 Å². The summed E-state index contributed by atoms with van der Waals surface area (Å²) in [6, 6.07) is 55.5. The Morgan fingerprint density at radius 3 is 1.42 bits per heavy atom. The third-order valence-corrected chi connectivity index (χ3v) is 8.73. The largest absolute Gasteiger partial charge is 0.145 e. The van der Waals surface area contributed by atoms with Gasteiger partial charge >= 0.3 is 0 Å². The maximum Gasteiger partial charge on any atom is 0.00951 e. The average Bonchev–Trinajstić information content (AvgIpc) is 3.10. The second kappa shape index (κ2) is 14.4. The molecule has 2 unspecified atom stereocenters. The summed E-state index contributed by atoms with van der Waals surface area (Å²) in [5.74, 6) is 1.05. The van der Waals surface area contributed by atoms with Crippen molar-refractivity contribution >= 4 is 5.57 Å². The van der Waals surface area contributed by atoms with Crippen LogP contribution in [0.2, 0.25) is 0 Å². The molecule has 5 aromatic rings. The van der Waals surface area contributed by atoms with Crippen molar-refractivity contribution in [2.24, 2.45) is 0 Å². The lowest BCUT2D eigenvalue weighted by Gasteiger charge is -2.31. The summed E-state index contributed by atoms with van der Waals surface area (Å²) in [5.41, 5.74) is 9.60. The second-order valence-electron chi connectivity index (χ2n) is 11.5. The fraction of sp³-hybridized carbons (Fsp3) is 0.140. The first-order valence-corrected chi connectivity index (χ1v) is 15.5. The summed E-state index contributed by atoms with van der Waals surface area (Å²) >= 11 is 0. The van der Waals surface area contributed by atoms with Crippen molar-refractivity contribution in [3.05, 3.63) is 216 Å². The maximum absolute atomic E-state index is 2.33. The molecule has 2 atom stereocenters. The zero-order chi connectivity index (χ0) is 29.1. The van der Waals surface area contributed by atoms with Gasteiger partial charge in [0, 0.05) is 5.92 Å². The van der Waals surface area contributed by atoms with Gasteiger partial charge in [0.25, 0.3) is 0 Å². The Morgan fingerprint density at radius 1 is 0.465 bits per heavy atom. The van der Waals surface area contributed by atoms with Crippen LogP contribution in [0.3, 0.4) is 0 Å². The lowest BCUT2D eigenvalue weighted by molar-refractivity contribution is 0.487. The Hall–Kier alpha value is -4.81. The van der Waals surface area contributed by atoms with Crippen LogP contribution in [-0.2, 0) is 0 Å². The lowest BCUT2D eigenvalue weighted by atomic mass is 9.74. The molecule has 0 nitrogen and oxygen atoms in total. The standard InChI is InChI=1S/C43H39/c1-7-19-34(20-8-1)40(32-42(36-23-11-3-12-24-36)37-25-13-4-14-26-37)31-41(35-21-9-2-10-22-35)33-43(38-27-15-5-16-28-38)39-29-17-6-18-30-39/h1-30,40-42H,31-33H2/q-1. The van der Waals surface area contributed by atoms with Gasteiger partial charge < -0.3 is 0 Å². The predicted octanol–water partition coefficient (Wildman–Crippen LogP) is 11.3. The molecule has 0 spiro atoms. The Morgan fingerprint density at radius 2 is 0.930 bits per heavy atom. The molecular formula is C43H39-. The van der Waals surface area contributed by atoms with Gasteiger partial charge in [0.05, 0.1) is 0 Å². The molecule has 0 fully saturated rings. The van der Waals surface area contributed by atoms with Gasteiger partial charge in [-0.15, -0.1) is 41.9 Å². The van der Waals surface area contributed by atoms with Crippen LogP contribution in [0.1, 0.15) is 64.8 Å². The van der Waals surface area contributed by atoms with Gasteiger partial charge in [-0.1, -0.05) is 164 Å². The van der Waals surface area contributed by atoms with E-state index in [9.17, 15) is 0 Å². The van der Waals surface area contributed by atoms with Gasteiger partial charge in [0.1, 0.15) is 0 Å². The van der Waals surface area contributed by atoms with Gasteiger partial charge in [-0.2, -0.15) is 0 Å². The van der Waals surface area contributed by atoms with E-state index in [0.717, 1.165) is 19.3 Å². The molecule has 1 aliphatic rings. The maximum atomic E-state index is 2.33. The molecule has 0 saturated carbocycles. The number of hydrogen-bond acceptors (Lipinski definition) is 0. The first-order valence-electron chi connectivity index (χ1n) is 15.5. The van der Waals surface area contributed by atoms with E-state index < -0.39 is 0 Å². The summed E-state index contributed by atoms with van der Waals surface area (Å²) in [5, 5.41) is 0. The third kappa shape index (κ3) is 7.34. The van der Waals surface area contributed by atoms with Gasteiger partial charge in [0.15, 0.2) is 0 Å². The Balaban J connectivity index is 1.41. The molecule has 0 N–H and O–H groups in total. The van der Waals surface area contributed by atoms with Gasteiger partial charge in [-0.3, -0.25) is 0 Å². The zero-order valence-corrected chi connectivity index (χ0v) is 24.7. The van der Waals surface area contributed by atoms with E-state index in [4.69, 9.17) is 0 Å². The van der Waals surface area contributed by atoms with Crippen molar-refractivity contribution in [1.29, 1.82) is 0 Å². The fourth-order valence-corrected chi connectivity index (χ4v) is 6.55. The Labute approximate surface area is 257 Å². The summed E-state index contributed by atoms with van der Waals surface area (Å²) in [4.78, 5) is 0. The highest BCUT2D eigenvalue weighted by atomic mass is 14.3. The molecule has 212 valence electrons. The van der Waals surface area contributed by atoms with Crippen LogP contribution in [0.4, 0.5) is 0 Å². The Kier molecular flexibility index (Phi) is 9.47. The van der Waals surface area contributed by atoms with E-state index in [1.807, 2.05) is 0 Å². The zero-order valence-electron chi connectivity index (χ0n) is 24.7. The van der Waals surface area contributed by atoms with Gasteiger partial charge in [-0.05, 0) is 46.9 Å². The van der Waals surface area contributed by atoms with Gasteiger partial charge in [0.2, 0.25) is 0 Å². The molecule has 0 heterocycles. The van der Waals surface area contributed by atoms with E-state index in [-0.39, 0.29) is 0 Å². The van der Waals surface area contributed by atoms with Crippen molar-refractivity contribution < 1.29 is 0 Å². The van der Waals surface area contributed by atoms with Crippen molar-refractivity contribution in [3.8, 4) is 0 Å². The molecule has 1 aliphatic carbocycles. The van der Waals surface area contributed by atoms with Crippen LogP contribution in [0.5, 0.6) is 0 Å². The van der Waals surface area contributed by atoms with E-state index in [0.29, 0.717) is 17.8 Å². The van der Waals surface area contributed by atoms with E-state index in [1.54, 1.807) is 0 Å². The smallest absolute Gasteiger partial charge is 0.00951 e. The summed E-state index contributed by atoms with van der Waals surface area (Å²) in [6.45, 7) is 0. The number of benzene rings is 5. The highest BCUT2D eigenvalue weighted by molar-refractivity contribution is 5.74. The molecule has 6 rings (SSSR count). The van der Waals surface area contributed by atoms with E-state index in [2.05, 4.69) is 182 Å². The highest BCUT2D eigenvalue weighted by Gasteiger charge is 2.25. The summed E-state index contributed by atoms with van der Waals surface area (Å²) < 4.78 is 0. The molecule has 0 saturated heterocycles. The van der Waals surface area contributed by atoms with Crippen LogP contribution in [0, 0.1) is 6.42 Å². The van der Waals surface area contributed by atoms with Crippen LogP contribution in [-0.4, -0.2) is 0 Å². The normalized spacial score (nSPS) is 15.1. The number of rotatable bonds is 11. The SMILES string of the molecule is C1=C[CH-]C(=C(CC(CC(CC(c2ccccc2)c2ccccc2)c2ccccc2)c2ccccc2)c2ccccc2)C=C1. The van der Waals surface area contributed by atoms with Crippen molar-refractivity contribution in [2.75, 3.05) is 0 Å². The molecule has 43 heavy (non-hydrogen) atoms. The predicted molar refractivity (Wildman–Crippen MR) is 183 cm³/mol. The molecule has 0 aromatic heterocycles. The fourth-order valence-electron chi connectivity index (χ4n) is 6.55. The molecule has 0 aliphatic heterocycles. The quantitative estimate of drug-likeness (QED) is 0.142. The first kappa shape index (κ1) is 28.3. The Bertz CT molecular complexity index is 1590. The van der Waals surface area contributed by atoms with Crippen LogP contribution < -0.4 is 0 Å². The van der Waals surface area contributed by atoms with Gasteiger partial charge in [-0.25, -0.2) is 0 Å². The van der Waals surface area contributed by atoms with Crippen molar-refractivity contribution in [2.45, 2.75) is 37.0 Å². The molecule has 0 bridgehead atoms. The number of allylic oxidation sites excluding steroid dienone is 6. The minimum atomic E-state index is 0.315. The summed E-state index contributed by atoms with van der Waals surface area (Å²) in [6.07, 6.45) is 14.0. The number of hydrogen-bond donors (Lipinski definition) is 0. The first-order chi connectivity index (χ1) is 21.3. The molecule has 5 aromatic carbocycles. The van der Waals surface area contributed by atoms with E-state index in [1.165, 1.54) is 39.0 Å². The molecule has 0 radical (unpaired) electrons. The summed E-state index contributed by atoms with van der Waals surface area (Å²) in [7, 11) is 0. The van der Waals surface area contributed by atoms with Crippen LogP contribution >= 0.6 is 0 Å². The minimum absolute atomic E-state index is 0.315. The second-order valence-corrected chi connectivity index (χ2v) is 11.5. The van der Waals surface area contributed by atoms with E-state index >= 15 is 0 Å². The van der Waals surface area contributed by atoms with Crippen molar-refractivity contribution in [1.82, 2.24) is 0 Å². The highest BCUT2D eigenvalue weighted by Crippen LogP contribution is 2.43. The molecular weight excluding hydrogens is 516 g/mol.